The summed E-state index contributed by atoms with van der Waals surface area (Å²) < 4.78 is 0. The van der Waals surface area contributed by atoms with Gasteiger partial charge in [0.25, 0.3) is 0 Å². The average molecular weight is 226 g/mol. The van der Waals surface area contributed by atoms with Crippen LogP contribution in [0.1, 0.15) is 52.4 Å². The summed E-state index contributed by atoms with van der Waals surface area (Å²) in [6, 6.07) is 1.54. The van der Waals surface area contributed by atoms with Crippen molar-refractivity contribution < 1.29 is 0 Å². The lowest BCUT2D eigenvalue weighted by Crippen LogP contribution is -2.48. The number of hydrogen-bond donors (Lipinski definition) is 1. The Hall–Kier alpha value is -0.0800. The zero-order valence-corrected chi connectivity index (χ0v) is 11.6. The van der Waals surface area contributed by atoms with Gasteiger partial charge in [0.15, 0.2) is 0 Å². The highest BCUT2D eigenvalue weighted by molar-refractivity contribution is 4.84. The molecule has 0 spiro atoms. The third kappa shape index (κ3) is 3.74. The topological polar surface area (TPSA) is 15.3 Å². The molecule has 0 bridgehead atoms. The zero-order valence-electron chi connectivity index (χ0n) is 11.6. The SMILES string of the molecule is CCCC(CNC)N(C)C1CCCCC1C. The van der Waals surface area contributed by atoms with E-state index in [1.807, 2.05) is 0 Å². The summed E-state index contributed by atoms with van der Waals surface area (Å²) in [4.78, 5) is 2.66. The van der Waals surface area contributed by atoms with Crippen LogP contribution < -0.4 is 5.32 Å². The third-order valence-electron chi connectivity index (χ3n) is 4.23. The van der Waals surface area contributed by atoms with Crippen LogP contribution in [0, 0.1) is 5.92 Å². The van der Waals surface area contributed by atoms with Gasteiger partial charge in [-0.3, -0.25) is 4.90 Å². The second-order valence-electron chi connectivity index (χ2n) is 5.49. The lowest BCUT2D eigenvalue weighted by atomic mass is 9.84. The van der Waals surface area contributed by atoms with Crippen LogP contribution in [-0.2, 0) is 0 Å². The van der Waals surface area contributed by atoms with E-state index in [0.29, 0.717) is 0 Å². The maximum Gasteiger partial charge on any atom is 0.0220 e. The fraction of sp³-hybridized carbons (Fsp3) is 1.00. The van der Waals surface area contributed by atoms with E-state index in [4.69, 9.17) is 0 Å². The normalized spacial score (nSPS) is 28.3. The van der Waals surface area contributed by atoms with Gasteiger partial charge in [0.2, 0.25) is 0 Å². The van der Waals surface area contributed by atoms with Gasteiger partial charge in [-0.05, 0) is 39.3 Å². The van der Waals surface area contributed by atoms with Gasteiger partial charge in [-0.1, -0.05) is 33.1 Å². The number of nitrogens with one attached hydrogen (secondary N) is 1. The third-order valence-corrected chi connectivity index (χ3v) is 4.23. The van der Waals surface area contributed by atoms with E-state index in [1.54, 1.807) is 0 Å². The molecule has 1 saturated carbocycles. The van der Waals surface area contributed by atoms with Crippen molar-refractivity contribution in [3.8, 4) is 0 Å². The number of hydrogen-bond acceptors (Lipinski definition) is 2. The first-order valence-corrected chi connectivity index (χ1v) is 7.07. The minimum atomic E-state index is 0.723. The first-order valence-electron chi connectivity index (χ1n) is 7.07. The standard InChI is InChI=1S/C14H30N2/c1-5-8-13(11-15-3)16(4)14-10-7-6-9-12(14)2/h12-15H,5-11H2,1-4H3. The van der Waals surface area contributed by atoms with Crippen molar-refractivity contribution in [1.82, 2.24) is 10.2 Å². The van der Waals surface area contributed by atoms with Crippen LogP contribution >= 0.6 is 0 Å². The molecule has 1 aliphatic rings. The van der Waals surface area contributed by atoms with Crippen LogP contribution in [0.3, 0.4) is 0 Å². The lowest BCUT2D eigenvalue weighted by Gasteiger charge is -2.41. The molecular formula is C14H30N2. The Bertz CT molecular complexity index is 176. The van der Waals surface area contributed by atoms with Gasteiger partial charge in [-0.25, -0.2) is 0 Å². The minimum Gasteiger partial charge on any atom is -0.318 e. The molecule has 3 unspecified atom stereocenters. The molecule has 0 amide bonds. The molecule has 1 N–H and O–H groups in total. The van der Waals surface area contributed by atoms with E-state index in [9.17, 15) is 0 Å². The van der Waals surface area contributed by atoms with Crippen LogP contribution in [0.5, 0.6) is 0 Å². The molecule has 96 valence electrons. The molecule has 3 atom stereocenters. The fourth-order valence-electron chi connectivity index (χ4n) is 3.19. The second-order valence-corrected chi connectivity index (χ2v) is 5.49. The molecule has 0 aromatic rings. The van der Waals surface area contributed by atoms with Crippen LogP contribution in [-0.4, -0.2) is 37.6 Å². The summed E-state index contributed by atoms with van der Waals surface area (Å²) >= 11 is 0. The Balaban J connectivity index is 2.53. The van der Waals surface area contributed by atoms with E-state index < -0.39 is 0 Å². The van der Waals surface area contributed by atoms with Crippen molar-refractivity contribution >= 4 is 0 Å². The van der Waals surface area contributed by atoms with Gasteiger partial charge in [0.05, 0.1) is 0 Å². The van der Waals surface area contributed by atoms with Crippen molar-refractivity contribution in [2.45, 2.75) is 64.5 Å². The summed E-state index contributed by atoms with van der Waals surface area (Å²) in [5.74, 6) is 0.884. The lowest BCUT2D eigenvalue weighted by molar-refractivity contribution is 0.0916. The molecule has 0 aromatic heterocycles. The van der Waals surface area contributed by atoms with Crippen molar-refractivity contribution in [3.63, 3.8) is 0 Å². The Labute approximate surface area is 102 Å². The minimum absolute atomic E-state index is 0.723. The highest BCUT2D eigenvalue weighted by Gasteiger charge is 2.28. The van der Waals surface area contributed by atoms with Crippen LogP contribution in [0.15, 0.2) is 0 Å². The van der Waals surface area contributed by atoms with Crippen molar-refractivity contribution in [2.75, 3.05) is 20.6 Å². The van der Waals surface area contributed by atoms with Gasteiger partial charge < -0.3 is 5.32 Å². The second kappa shape index (κ2) is 7.29. The zero-order chi connectivity index (χ0) is 12.0. The van der Waals surface area contributed by atoms with E-state index >= 15 is 0 Å². The predicted octanol–water partition coefficient (Wildman–Crippen LogP) is 2.89. The van der Waals surface area contributed by atoms with E-state index in [2.05, 4.69) is 38.2 Å². The van der Waals surface area contributed by atoms with Gasteiger partial charge in [0, 0.05) is 18.6 Å². The molecule has 0 radical (unpaired) electrons. The number of rotatable bonds is 6. The fourth-order valence-corrected chi connectivity index (χ4v) is 3.19. The first-order chi connectivity index (χ1) is 7.70. The van der Waals surface area contributed by atoms with Crippen molar-refractivity contribution in [3.05, 3.63) is 0 Å². The maximum absolute atomic E-state index is 3.35. The largest absolute Gasteiger partial charge is 0.318 e. The molecule has 0 aliphatic heterocycles. The quantitative estimate of drug-likeness (QED) is 0.749. The molecule has 1 fully saturated rings. The highest BCUT2D eigenvalue weighted by Crippen LogP contribution is 2.28. The smallest absolute Gasteiger partial charge is 0.0220 e. The summed E-state index contributed by atoms with van der Waals surface area (Å²) in [6.07, 6.45) is 8.31. The van der Waals surface area contributed by atoms with Gasteiger partial charge in [-0.2, -0.15) is 0 Å². The maximum atomic E-state index is 3.35. The Morgan fingerprint density at radius 3 is 2.56 bits per heavy atom. The van der Waals surface area contributed by atoms with E-state index in [1.165, 1.54) is 38.5 Å². The van der Waals surface area contributed by atoms with Crippen molar-refractivity contribution in [1.29, 1.82) is 0 Å². The molecule has 1 rings (SSSR count). The number of nitrogens with zero attached hydrogens (tertiary/aromatic N) is 1. The summed E-state index contributed by atoms with van der Waals surface area (Å²) in [6.45, 7) is 5.86. The van der Waals surface area contributed by atoms with Gasteiger partial charge in [0.1, 0.15) is 0 Å². The Morgan fingerprint density at radius 1 is 1.31 bits per heavy atom. The Morgan fingerprint density at radius 2 is 2.00 bits per heavy atom. The molecule has 0 aromatic carbocycles. The average Bonchev–Trinajstić information content (AvgIpc) is 2.28. The van der Waals surface area contributed by atoms with Gasteiger partial charge >= 0.3 is 0 Å². The van der Waals surface area contributed by atoms with Crippen LogP contribution in [0.4, 0.5) is 0 Å². The van der Waals surface area contributed by atoms with E-state index in [0.717, 1.165) is 24.5 Å². The Kier molecular flexibility index (Phi) is 6.37. The van der Waals surface area contributed by atoms with E-state index in [-0.39, 0.29) is 0 Å². The first kappa shape index (κ1) is 14.0. The predicted molar refractivity (Wildman–Crippen MR) is 71.8 cm³/mol. The van der Waals surface area contributed by atoms with Crippen molar-refractivity contribution in [2.24, 2.45) is 5.92 Å². The summed E-state index contributed by atoms with van der Waals surface area (Å²) in [7, 11) is 4.41. The molecule has 0 saturated heterocycles. The molecule has 0 heterocycles. The van der Waals surface area contributed by atoms with Crippen LogP contribution in [0.2, 0.25) is 0 Å². The number of likely N-dealkylation sites (N-methyl/N-ethyl adjacent to an activating group) is 2. The van der Waals surface area contributed by atoms with Crippen LogP contribution in [0.25, 0.3) is 0 Å². The summed E-state index contributed by atoms with van der Waals surface area (Å²) in [5, 5.41) is 3.35. The molecule has 2 heteroatoms. The highest BCUT2D eigenvalue weighted by atomic mass is 15.2. The molecule has 16 heavy (non-hydrogen) atoms. The molecule has 1 aliphatic carbocycles. The molecule has 2 nitrogen and oxygen atoms in total. The molecular weight excluding hydrogens is 196 g/mol. The van der Waals surface area contributed by atoms with Gasteiger partial charge in [-0.15, -0.1) is 0 Å². The monoisotopic (exact) mass is 226 g/mol. The summed E-state index contributed by atoms with van der Waals surface area (Å²) in [5.41, 5.74) is 0.